The molecule has 1 saturated carbocycles. The third-order valence-corrected chi connectivity index (χ3v) is 8.68. The molecular weight excluding hydrogens is 504 g/mol. The van der Waals surface area contributed by atoms with Crippen LogP contribution in [0.15, 0.2) is 54.6 Å². The molecule has 1 aliphatic carbocycles. The van der Waals surface area contributed by atoms with E-state index in [1.54, 1.807) is 21.9 Å². The minimum Gasteiger partial charge on any atom is -0.352 e. The number of benzene rings is 2. The lowest BCUT2D eigenvalue weighted by atomic mass is 9.85. The summed E-state index contributed by atoms with van der Waals surface area (Å²) in [6, 6.07) is 18.6. The van der Waals surface area contributed by atoms with Gasteiger partial charge in [-0.2, -0.15) is 5.26 Å². The smallest absolute Gasteiger partial charge is 0.250 e. The zero-order chi connectivity index (χ0) is 28.1. The zero-order valence-electron chi connectivity index (χ0n) is 22.9. The summed E-state index contributed by atoms with van der Waals surface area (Å²) < 4.78 is 0. The lowest BCUT2D eigenvalue weighted by molar-refractivity contribution is -0.140. The second-order valence-electron chi connectivity index (χ2n) is 11.2. The van der Waals surface area contributed by atoms with Crippen molar-refractivity contribution in [2.45, 2.75) is 69.0 Å². The van der Waals surface area contributed by atoms with Crippen LogP contribution in [-0.4, -0.2) is 71.4 Å². The van der Waals surface area contributed by atoms with E-state index in [0.29, 0.717) is 38.2 Å². The molecule has 0 radical (unpaired) electrons. The number of anilines is 1. The molecule has 1 spiro atoms. The number of piperidine rings is 1. The van der Waals surface area contributed by atoms with Crippen molar-refractivity contribution in [2.75, 3.05) is 31.2 Å². The lowest BCUT2D eigenvalue weighted by Crippen LogP contribution is -2.59. The summed E-state index contributed by atoms with van der Waals surface area (Å²) in [4.78, 5) is 45.7. The van der Waals surface area contributed by atoms with Gasteiger partial charge in [-0.05, 0) is 55.9 Å². The first-order chi connectivity index (χ1) is 19.4. The number of carbonyl (C=O) groups is 3. The lowest BCUT2D eigenvalue weighted by Gasteiger charge is -2.43. The standard InChI is InChI=1S/C31H38N6O3/c32-20-24-10-8-7-9-23(24)19-27(33)29(39)35-17-15-31(16-18-35)30(40)36(22-37(31)26-13-5-2-6-14-26)21-28(38)34-25-11-3-1-4-12-25/h2,5-10,13-14,25,27H,1,3-4,11-12,15-19,21-22,33H2,(H,34,38)/t27-/m1/s1. The molecule has 9 nitrogen and oxygen atoms in total. The van der Waals surface area contributed by atoms with Gasteiger partial charge >= 0.3 is 0 Å². The highest BCUT2D eigenvalue weighted by atomic mass is 16.2. The van der Waals surface area contributed by atoms with E-state index < -0.39 is 11.6 Å². The van der Waals surface area contributed by atoms with Crippen LogP contribution in [0.4, 0.5) is 5.69 Å². The van der Waals surface area contributed by atoms with Crippen LogP contribution in [0.5, 0.6) is 0 Å². The Balaban J connectivity index is 1.27. The summed E-state index contributed by atoms with van der Waals surface area (Å²) in [6.07, 6.45) is 6.64. The van der Waals surface area contributed by atoms with Gasteiger partial charge in [-0.15, -0.1) is 0 Å². The Morgan fingerprint density at radius 3 is 2.40 bits per heavy atom. The predicted octanol–water partition coefficient (Wildman–Crippen LogP) is 2.54. The topological polar surface area (TPSA) is 123 Å². The Bertz CT molecular complexity index is 1260. The largest absolute Gasteiger partial charge is 0.352 e. The molecular formula is C31H38N6O3. The molecule has 2 aromatic rings. The molecule has 1 atom stereocenters. The van der Waals surface area contributed by atoms with Crippen LogP contribution in [0.1, 0.15) is 56.1 Å². The number of likely N-dealkylation sites (tertiary alicyclic amines) is 1. The maximum absolute atomic E-state index is 14.0. The summed E-state index contributed by atoms with van der Waals surface area (Å²) in [7, 11) is 0. The Kier molecular flexibility index (Phi) is 8.36. The van der Waals surface area contributed by atoms with Crippen molar-refractivity contribution < 1.29 is 14.4 Å². The molecule has 3 fully saturated rings. The van der Waals surface area contributed by atoms with Gasteiger partial charge in [-0.3, -0.25) is 14.4 Å². The molecule has 3 amide bonds. The predicted molar refractivity (Wildman–Crippen MR) is 152 cm³/mol. The molecule has 0 unspecified atom stereocenters. The quantitative estimate of drug-likeness (QED) is 0.555. The number of nitriles is 1. The minimum absolute atomic E-state index is 0.0340. The van der Waals surface area contributed by atoms with Crippen LogP contribution in [-0.2, 0) is 20.8 Å². The summed E-state index contributed by atoms with van der Waals surface area (Å²) in [5, 5.41) is 12.5. The molecule has 3 aliphatic rings. The van der Waals surface area contributed by atoms with E-state index in [2.05, 4.69) is 16.3 Å². The highest BCUT2D eigenvalue weighted by Gasteiger charge is 2.54. The summed E-state index contributed by atoms with van der Waals surface area (Å²) in [5.74, 6) is -0.348. The molecule has 40 heavy (non-hydrogen) atoms. The maximum Gasteiger partial charge on any atom is 0.250 e. The maximum atomic E-state index is 14.0. The molecule has 2 saturated heterocycles. The normalized spacial score (nSPS) is 19.9. The summed E-state index contributed by atoms with van der Waals surface area (Å²) in [5.41, 5.74) is 7.70. The molecule has 9 heteroatoms. The van der Waals surface area contributed by atoms with Crippen molar-refractivity contribution in [1.29, 1.82) is 5.26 Å². The third-order valence-electron chi connectivity index (χ3n) is 8.68. The van der Waals surface area contributed by atoms with Crippen LogP contribution in [0, 0.1) is 11.3 Å². The zero-order valence-corrected chi connectivity index (χ0v) is 22.9. The monoisotopic (exact) mass is 542 g/mol. The second kappa shape index (κ2) is 12.1. The number of nitrogens with zero attached hydrogens (tertiary/aromatic N) is 4. The van der Waals surface area contributed by atoms with Gasteiger partial charge in [0.15, 0.2) is 0 Å². The van der Waals surface area contributed by atoms with E-state index in [4.69, 9.17) is 5.73 Å². The van der Waals surface area contributed by atoms with Gasteiger partial charge in [0.1, 0.15) is 12.1 Å². The fourth-order valence-corrected chi connectivity index (χ4v) is 6.48. The number of amides is 3. The van der Waals surface area contributed by atoms with Gasteiger partial charge in [0.25, 0.3) is 5.91 Å². The van der Waals surface area contributed by atoms with E-state index in [-0.39, 0.29) is 36.7 Å². The number of hydrogen-bond acceptors (Lipinski definition) is 6. The third kappa shape index (κ3) is 5.68. The average Bonchev–Trinajstić information content (AvgIpc) is 3.24. The van der Waals surface area contributed by atoms with E-state index in [1.165, 1.54) is 6.42 Å². The Morgan fingerprint density at radius 2 is 1.70 bits per heavy atom. The van der Waals surface area contributed by atoms with Crippen molar-refractivity contribution >= 4 is 23.4 Å². The Hall–Kier alpha value is -3.90. The second-order valence-corrected chi connectivity index (χ2v) is 11.2. The first-order valence-electron chi connectivity index (χ1n) is 14.3. The van der Waals surface area contributed by atoms with Crippen LogP contribution in [0.3, 0.4) is 0 Å². The number of nitrogens with two attached hydrogens (primary N) is 1. The van der Waals surface area contributed by atoms with Gasteiger partial charge in [-0.1, -0.05) is 55.7 Å². The first kappa shape index (κ1) is 27.7. The molecule has 210 valence electrons. The van der Waals surface area contributed by atoms with Gasteiger partial charge < -0.3 is 25.8 Å². The highest BCUT2D eigenvalue weighted by Crippen LogP contribution is 2.39. The first-order valence-corrected chi connectivity index (χ1v) is 14.3. The molecule has 0 aromatic heterocycles. The van der Waals surface area contributed by atoms with E-state index in [1.807, 2.05) is 42.5 Å². The molecule has 2 aromatic carbocycles. The minimum atomic E-state index is -0.819. The molecule has 2 heterocycles. The van der Waals surface area contributed by atoms with E-state index in [0.717, 1.165) is 36.9 Å². The van der Waals surface area contributed by atoms with Crippen molar-refractivity contribution in [2.24, 2.45) is 5.73 Å². The number of hydrogen-bond donors (Lipinski definition) is 2. The van der Waals surface area contributed by atoms with E-state index >= 15 is 0 Å². The van der Waals surface area contributed by atoms with Crippen LogP contribution in [0.25, 0.3) is 0 Å². The molecule has 2 aliphatic heterocycles. The van der Waals surface area contributed by atoms with E-state index in [9.17, 15) is 19.6 Å². The van der Waals surface area contributed by atoms with Crippen LogP contribution in [0.2, 0.25) is 0 Å². The molecule has 0 bridgehead atoms. The highest BCUT2D eigenvalue weighted by molar-refractivity contribution is 5.96. The molecule has 3 N–H and O–H groups in total. The number of rotatable bonds is 7. The fourth-order valence-electron chi connectivity index (χ4n) is 6.48. The number of nitrogens with one attached hydrogen (secondary N) is 1. The van der Waals surface area contributed by atoms with Crippen molar-refractivity contribution in [3.8, 4) is 6.07 Å². The Labute approximate surface area is 235 Å². The average molecular weight is 543 g/mol. The van der Waals surface area contributed by atoms with Crippen LogP contribution < -0.4 is 16.0 Å². The van der Waals surface area contributed by atoms with Crippen molar-refractivity contribution in [1.82, 2.24) is 15.1 Å². The summed E-state index contributed by atoms with van der Waals surface area (Å²) in [6.45, 7) is 1.15. The number of carbonyl (C=O) groups excluding carboxylic acids is 3. The molecule has 5 rings (SSSR count). The summed E-state index contributed by atoms with van der Waals surface area (Å²) >= 11 is 0. The Morgan fingerprint density at radius 1 is 1.02 bits per heavy atom. The van der Waals surface area contributed by atoms with Gasteiger partial charge in [0.2, 0.25) is 11.8 Å². The fraction of sp³-hybridized carbons (Fsp3) is 0.484. The van der Waals surface area contributed by atoms with Gasteiger partial charge in [0, 0.05) is 24.8 Å². The SMILES string of the molecule is N#Cc1ccccc1C[C@@H](N)C(=O)N1CCC2(CC1)C(=O)N(CC(=O)NC1CCCCC1)CN2c1ccccc1. The van der Waals surface area contributed by atoms with Crippen molar-refractivity contribution in [3.63, 3.8) is 0 Å². The van der Waals surface area contributed by atoms with Gasteiger partial charge in [-0.25, -0.2) is 0 Å². The van der Waals surface area contributed by atoms with Crippen molar-refractivity contribution in [3.05, 3.63) is 65.7 Å². The van der Waals surface area contributed by atoms with Gasteiger partial charge in [0.05, 0.1) is 24.3 Å². The number of para-hydroxylation sites is 1. The van der Waals surface area contributed by atoms with Crippen LogP contribution >= 0.6 is 0 Å².